The second-order valence-electron chi connectivity index (χ2n) is 6.32. The lowest BCUT2D eigenvalue weighted by Gasteiger charge is -2.07. The molecule has 1 heterocycles. The van der Waals surface area contributed by atoms with Gasteiger partial charge in [-0.05, 0) is 24.1 Å². The van der Waals surface area contributed by atoms with Gasteiger partial charge in [0.2, 0.25) is 10.0 Å². The topological polar surface area (TPSA) is 72.2 Å². The van der Waals surface area contributed by atoms with Crippen molar-refractivity contribution in [2.75, 3.05) is 0 Å². The second-order valence-corrected chi connectivity index (χ2v) is 8.03. The first kappa shape index (κ1) is 16.9. The van der Waals surface area contributed by atoms with E-state index >= 15 is 0 Å². The fraction of sp³-hybridized carbons (Fsp3) is 0.211. The van der Waals surface area contributed by atoms with Gasteiger partial charge in [-0.3, -0.25) is 0 Å². The van der Waals surface area contributed by atoms with Gasteiger partial charge < -0.3 is 4.52 Å². The summed E-state index contributed by atoms with van der Waals surface area (Å²) in [5.41, 5.74) is 2.28. The van der Waals surface area contributed by atoms with Gasteiger partial charge in [-0.2, -0.15) is 0 Å². The highest BCUT2D eigenvalue weighted by atomic mass is 32.2. The molecule has 0 saturated heterocycles. The highest BCUT2D eigenvalue weighted by Crippen LogP contribution is 2.41. The molecule has 1 aliphatic carbocycles. The minimum atomic E-state index is -3.59. The van der Waals surface area contributed by atoms with Gasteiger partial charge in [-0.25, -0.2) is 17.5 Å². The van der Waals surface area contributed by atoms with Crippen LogP contribution in [-0.2, 0) is 16.7 Å². The fourth-order valence-corrected chi connectivity index (χ4v) is 4.27. The van der Waals surface area contributed by atoms with Gasteiger partial charge in [0.1, 0.15) is 12.4 Å². The lowest BCUT2D eigenvalue weighted by molar-refractivity contribution is 0.331. The lowest BCUT2D eigenvalue weighted by atomic mass is 10.1. The van der Waals surface area contributed by atoms with Crippen LogP contribution in [-0.4, -0.2) is 19.6 Å². The zero-order chi connectivity index (χ0) is 18.1. The van der Waals surface area contributed by atoms with Crippen LogP contribution >= 0.6 is 0 Å². The molecule has 0 spiro atoms. The van der Waals surface area contributed by atoms with Crippen LogP contribution in [0.15, 0.2) is 70.1 Å². The Morgan fingerprint density at radius 3 is 2.50 bits per heavy atom. The first-order valence-corrected chi connectivity index (χ1v) is 9.74. The van der Waals surface area contributed by atoms with Crippen LogP contribution < -0.4 is 4.72 Å². The van der Waals surface area contributed by atoms with Crippen molar-refractivity contribution >= 4 is 10.0 Å². The van der Waals surface area contributed by atoms with Gasteiger partial charge in [0, 0.05) is 23.6 Å². The standard InChI is InChI=1S/C19H17FN2O3S/c20-12-15-10-18(21-25-15)14-6-8-16(9-7-14)26(23,24)22-19-11-17(19)13-4-2-1-3-5-13/h1-10,17,19,22H,11-12H2/t17-,19+/m1/s1. The van der Waals surface area contributed by atoms with E-state index in [4.69, 9.17) is 4.52 Å². The van der Waals surface area contributed by atoms with Gasteiger partial charge >= 0.3 is 0 Å². The Hall–Kier alpha value is -2.51. The number of rotatable bonds is 6. The summed E-state index contributed by atoms with van der Waals surface area (Å²) in [5.74, 6) is 0.360. The summed E-state index contributed by atoms with van der Waals surface area (Å²) in [5, 5.41) is 3.77. The number of nitrogens with zero attached hydrogens (tertiary/aromatic N) is 1. The zero-order valence-corrected chi connectivity index (χ0v) is 14.6. The summed E-state index contributed by atoms with van der Waals surface area (Å²) in [6.45, 7) is -0.729. The van der Waals surface area contributed by atoms with E-state index in [0.29, 0.717) is 11.3 Å². The van der Waals surface area contributed by atoms with Crippen LogP contribution in [0, 0.1) is 0 Å². The largest absolute Gasteiger partial charge is 0.358 e. The van der Waals surface area contributed by atoms with Gasteiger partial charge in [0.15, 0.2) is 5.76 Å². The average Bonchev–Trinajstić information content (AvgIpc) is 3.25. The Bertz CT molecular complexity index is 1000. The van der Waals surface area contributed by atoms with Crippen molar-refractivity contribution in [3.05, 3.63) is 72.0 Å². The molecule has 134 valence electrons. The fourth-order valence-electron chi connectivity index (χ4n) is 2.98. The van der Waals surface area contributed by atoms with Crippen molar-refractivity contribution in [2.24, 2.45) is 0 Å². The second kappa shape index (κ2) is 6.66. The molecule has 5 nitrogen and oxygen atoms in total. The highest BCUT2D eigenvalue weighted by Gasteiger charge is 2.41. The summed E-state index contributed by atoms with van der Waals surface area (Å²) in [6, 6.07) is 17.6. The number of nitrogens with one attached hydrogen (secondary N) is 1. The third kappa shape index (κ3) is 3.40. The predicted octanol–water partition coefficient (Wildman–Crippen LogP) is 3.65. The molecule has 1 aromatic heterocycles. The zero-order valence-electron chi connectivity index (χ0n) is 13.8. The van der Waals surface area contributed by atoms with Crippen LogP contribution in [0.25, 0.3) is 11.3 Å². The van der Waals surface area contributed by atoms with Crippen LogP contribution in [0.5, 0.6) is 0 Å². The Balaban J connectivity index is 1.46. The highest BCUT2D eigenvalue weighted by molar-refractivity contribution is 7.89. The number of halogens is 1. The van der Waals surface area contributed by atoms with Crippen LogP contribution in [0.3, 0.4) is 0 Å². The van der Waals surface area contributed by atoms with E-state index in [-0.39, 0.29) is 22.6 Å². The van der Waals surface area contributed by atoms with Crippen LogP contribution in [0.2, 0.25) is 0 Å². The molecule has 1 aliphatic rings. The van der Waals surface area contributed by atoms with Crippen molar-refractivity contribution in [1.82, 2.24) is 9.88 Å². The molecular formula is C19H17FN2O3S. The Morgan fingerprint density at radius 2 is 1.85 bits per heavy atom. The molecule has 0 bridgehead atoms. The van der Waals surface area contributed by atoms with Crippen molar-refractivity contribution in [1.29, 1.82) is 0 Å². The van der Waals surface area contributed by atoms with Crippen LogP contribution in [0.4, 0.5) is 4.39 Å². The van der Waals surface area contributed by atoms with Gasteiger partial charge in [0.25, 0.3) is 0 Å². The van der Waals surface area contributed by atoms with E-state index in [1.54, 1.807) is 12.1 Å². The monoisotopic (exact) mass is 372 g/mol. The SMILES string of the molecule is O=S(=O)(N[C@H]1C[C@@H]1c1ccccc1)c1ccc(-c2cc(CF)on2)cc1. The molecule has 2 aromatic carbocycles. The molecule has 4 rings (SSSR count). The Labute approximate surface area is 150 Å². The molecule has 1 saturated carbocycles. The summed E-state index contributed by atoms with van der Waals surface area (Å²) < 4.78 is 45.2. The minimum Gasteiger partial charge on any atom is -0.358 e. The molecule has 0 aliphatic heterocycles. The molecule has 0 radical (unpaired) electrons. The minimum absolute atomic E-state index is 0.0790. The molecule has 0 unspecified atom stereocenters. The lowest BCUT2D eigenvalue weighted by Crippen LogP contribution is -2.26. The van der Waals surface area contributed by atoms with Gasteiger partial charge in [-0.15, -0.1) is 0 Å². The number of sulfonamides is 1. The van der Waals surface area contributed by atoms with Gasteiger partial charge in [0.05, 0.1) is 4.90 Å². The van der Waals surface area contributed by atoms with Gasteiger partial charge in [-0.1, -0.05) is 47.6 Å². The third-order valence-electron chi connectivity index (χ3n) is 4.48. The van der Waals surface area contributed by atoms with Crippen LogP contribution in [0.1, 0.15) is 23.7 Å². The molecule has 3 aromatic rings. The number of aromatic nitrogens is 1. The van der Waals surface area contributed by atoms with E-state index < -0.39 is 16.7 Å². The quantitative estimate of drug-likeness (QED) is 0.717. The molecule has 2 atom stereocenters. The predicted molar refractivity (Wildman–Crippen MR) is 94.7 cm³/mol. The van der Waals surface area contributed by atoms with E-state index in [1.807, 2.05) is 30.3 Å². The van der Waals surface area contributed by atoms with E-state index in [2.05, 4.69) is 9.88 Å². The third-order valence-corrected chi connectivity index (χ3v) is 5.98. The van der Waals surface area contributed by atoms with Crippen molar-refractivity contribution in [3.63, 3.8) is 0 Å². The summed E-state index contributed by atoms with van der Waals surface area (Å²) in [6.07, 6.45) is 0.798. The summed E-state index contributed by atoms with van der Waals surface area (Å²) in [4.78, 5) is 0.189. The normalized spacial score (nSPS) is 19.4. The number of alkyl halides is 1. The summed E-state index contributed by atoms with van der Waals surface area (Å²) in [7, 11) is -3.59. The molecular weight excluding hydrogens is 355 g/mol. The molecule has 7 heteroatoms. The first-order valence-electron chi connectivity index (χ1n) is 8.26. The van der Waals surface area contributed by atoms with Crippen molar-refractivity contribution < 1.29 is 17.3 Å². The number of benzene rings is 2. The Morgan fingerprint density at radius 1 is 1.12 bits per heavy atom. The molecule has 1 fully saturated rings. The molecule has 26 heavy (non-hydrogen) atoms. The smallest absolute Gasteiger partial charge is 0.240 e. The average molecular weight is 372 g/mol. The van der Waals surface area contributed by atoms with Crippen molar-refractivity contribution in [3.8, 4) is 11.3 Å². The number of hydrogen-bond donors (Lipinski definition) is 1. The maximum atomic E-state index is 12.6. The molecule has 1 N–H and O–H groups in total. The van der Waals surface area contributed by atoms with E-state index in [0.717, 1.165) is 12.0 Å². The summed E-state index contributed by atoms with van der Waals surface area (Å²) >= 11 is 0. The first-order chi connectivity index (χ1) is 12.6. The van der Waals surface area contributed by atoms with Crippen molar-refractivity contribution in [2.45, 2.75) is 30.0 Å². The maximum Gasteiger partial charge on any atom is 0.240 e. The van der Waals surface area contributed by atoms with E-state index in [9.17, 15) is 12.8 Å². The maximum absolute atomic E-state index is 12.6. The number of hydrogen-bond acceptors (Lipinski definition) is 4. The molecule has 0 amide bonds. The Kier molecular flexibility index (Phi) is 4.34. The van der Waals surface area contributed by atoms with E-state index in [1.165, 1.54) is 18.2 Å².